The highest BCUT2D eigenvalue weighted by Crippen LogP contribution is 2.38. The monoisotopic (exact) mass is 1060 g/mol. The van der Waals surface area contributed by atoms with Crippen molar-refractivity contribution in [2.75, 3.05) is 0 Å². The number of benzene rings is 1. The van der Waals surface area contributed by atoms with Crippen molar-refractivity contribution in [1.82, 2.24) is 5.32 Å². The van der Waals surface area contributed by atoms with E-state index in [2.05, 4.69) is 5.32 Å². The van der Waals surface area contributed by atoms with Gasteiger partial charge < -0.3 is 86.2 Å². The molecule has 0 aliphatic carbocycles. The molecule has 1 aromatic carbocycles. The number of rotatable bonds is 6. The van der Waals surface area contributed by atoms with Crippen LogP contribution in [0.2, 0.25) is 0 Å². The van der Waals surface area contributed by atoms with Crippen molar-refractivity contribution in [3.8, 4) is 0 Å². The van der Waals surface area contributed by atoms with Crippen molar-refractivity contribution in [2.24, 2.45) is 23.5 Å². The van der Waals surface area contributed by atoms with Crippen LogP contribution in [0.15, 0.2) is 103 Å². The second kappa shape index (κ2) is 31.0. The summed E-state index contributed by atoms with van der Waals surface area (Å²) >= 11 is 0. The van der Waals surface area contributed by atoms with Gasteiger partial charge in [-0.15, -0.1) is 0 Å². The topological polar surface area (TPSA) is 349 Å². The highest BCUT2D eigenvalue weighted by Gasteiger charge is 2.51. The van der Waals surface area contributed by atoms with E-state index in [4.69, 9.17) is 24.7 Å². The van der Waals surface area contributed by atoms with Gasteiger partial charge in [0.1, 0.15) is 30.3 Å². The molecule has 14 N–H and O–H groups in total. The van der Waals surface area contributed by atoms with Crippen LogP contribution in [0.3, 0.4) is 0 Å². The number of aliphatic hydroxyl groups is 10. The lowest BCUT2D eigenvalue weighted by atomic mass is 9.82. The Morgan fingerprint density at radius 3 is 1.97 bits per heavy atom. The van der Waals surface area contributed by atoms with Crippen LogP contribution >= 0.6 is 0 Å². The van der Waals surface area contributed by atoms with Crippen molar-refractivity contribution in [2.45, 2.75) is 195 Å². The fourth-order valence-corrected chi connectivity index (χ4v) is 9.32. The first-order chi connectivity index (χ1) is 35.5. The Morgan fingerprint density at radius 1 is 0.707 bits per heavy atom. The third kappa shape index (κ3) is 20.4. The number of cyclic esters (lactones) is 1. The lowest BCUT2D eigenvalue weighted by molar-refractivity contribution is -0.310. The van der Waals surface area contributed by atoms with E-state index in [9.17, 15) is 70.6 Å². The molecular weight excluding hydrogens is 977 g/mol. The Morgan fingerprint density at radius 2 is 1.31 bits per heavy atom. The second-order valence-electron chi connectivity index (χ2n) is 20.2. The van der Waals surface area contributed by atoms with Crippen LogP contribution < -0.4 is 11.1 Å². The molecule has 1 aromatic rings. The smallest absolute Gasteiger partial charge is 0.311 e. The molecule has 0 radical (unpaired) electrons. The minimum Gasteiger partial charge on any atom is -0.481 e. The first-order valence-corrected chi connectivity index (χ1v) is 25.9. The largest absolute Gasteiger partial charge is 0.481 e. The van der Waals surface area contributed by atoms with E-state index in [1.165, 1.54) is 13.0 Å². The summed E-state index contributed by atoms with van der Waals surface area (Å²) in [6.07, 6.45) is 0.480. The van der Waals surface area contributed by atoms with Crippen LogP contribution in [0, 0.1) is 17.8 Å². The summed E-state index contributed by atoms with van der Waals surface area (Å²) in [5.41, 5.74) is 6.68. The number of hydrogen-bond acceptors (Lipinski definition) is 18. The Hall–Kier alpha value is -4.49. The van der Waals surface area contributed by atoms with E-state index in [0.717, 1.165) is 12.8 Å². The van der Waals surface area contributed by atoms with Crippen molar-refractivity contribution in [1.29, 1.82) is 0 Å². The van der Waals surface area contributed by atoms with Gasteiger partial charge in [-0.1, -0.05) is 117 Å². The second-order valence-corrected chi connectivity index (χ2v) is 20.2. The number of carboxylic acids is 1. The van der Waals surface area contributed by atoms with Gasteiger partial charge in [0.25, 0.3) is 0 Å². The average molecular weight is 1060 g/mol. The number of fused-ring (bicyclic) bond motifs is 2. The minimum absolute atomic E-state index is 0.165. The maximum absolute atomic E-state index is 13.3. The van der Waals surface area contributed by atoms with Crippen molar-refractivity contribution in [3.05, 3.63) is 109 Å². The van der Waals surface area contributed by atoms with Gasteiger partial charge in [0, 0.05) is 31.1 Å². The molecule has 3 heterocycles. The number of aliphatic carboxylic acids is 1. The number of allylic oxidation sites excluding steroid dienone is 10. The molecule has 0 spiro atoms. The Kier molecular flexibility index (Phi) is 26.1. The number of esters is 1. The fourth-order valence-electron chi connectivity index (χ4n) is 9.32. The van der Waals surface area contributed by atoms with E-state index >= 15 is 0 Å². The van der Waals surface area contributed by atoms with Gasteiger partial charge >= 0.3 is 11.9 Å². The third-order valence-corrected chi connectivity index (χ3v) is 13.9. The first-order valence-electron chi connectivity index (χ1n) is 25.9. The predicted octanol–water partition coefficient (Wildman–Crippen LogP) is 1.79. The Balaban J connectivity index is 1.58. The van der Waals surface area contributed by atoms with Gasteiger partial charge in [-0.25, -0.2) is 0 Å². The van der Waals surface area contributed by atoms with E-state index < -0.39 is 159 Å². The average Bonchev–Trinajstić information content (AvgIpc) is 3.34. The molecule has 20 atom stereocenters. The molecule has 420 valence electrons. The summed E-state index contributed by atoms with van der Waals surface area (Å²) in [6.45, 7) is 6.72. The molecular formula is C55H82N2O18. The SMILES string of the molecule is C[C@@H]1[C@H](O)[C@@H](C)/C=C/C=C/CC/C=C/C=C/C=C/C=C/[C@H](O[C@H]2O[C@H](C)[C@@H](O)[C@H](NC(=O)[C@H](N)c3ccccc3)[C@@H]2O)C[C@@H]2O[C@](O)(C[C@@H](O)[C@H](O)CC[C@@H](O)C[C@@H](O)C[C@@H](O)CC(=O)O[C@H]1C)C[C@H](O)[C@H]2C(=O)O. The van der Waals surface area contributed by atoms with E-state index in [-0.39, 0.29) is 31.6 Å². The third-order valence-electron chi connectivity index (χ3n) is 13.9. The summed E-state index contributed by atoms with van der Waals surface area (Å²) in [4.78, 5) is 38.7. The lowest BCUT2D eigenvalue weighted by Gasteiger charge is -2.45. The van der Waals surface area contributed by atoms with Crippen molar-refractivity contribution >= 4 is 17.8 Å². The first kappa shape index (κ1) is 63.0. The lowest BCUT2D eigenvalue weighted by Crippen LogP contribution is -2.64. The zero-order valence-corrected chi connectivity index (χ0v) is 43.2. The molecule has 2 bridgehead atoms. The van der Waals surface area contributed by atoms with Crippen LogP contribution in [-0.4, -0.2) is 171 Å². The number of nitrogens with one attached hydrogen (secondary N) is 1. The minimum atomic E-state index is -2.42. The molecule has 0 aromatic heterocycles. The normalized spacial score (nSPS) is 41.1. The van der Waals surface area contributed by atoms with Crippen LogP contribution in [0.1, 0.15) is 104 Å². The van der Waals surface area contributed by atoms with E-state index in [1.54, 1.807) is 74.6 Å². The number of carboxylic acid groups (broad SMARTS) is 1. The molecule has 3 aliphatic heterocycles. The summed E-state index contributed by atoms with van der Waals surface area (Å²) in [7, 11) is 0. The number of hydrogen-bond donors (Lipinski definition) is 13. The Bertz CT molecular complexity index is 2090. The molecule has 2 saturated heterocycles. The molecule has 0 unspecified atom stereocenters. The maximum Gasteiger partial charge on any atom is 0.311 e. The van der Waals surface area contributed by atoms with Crippen molar-refractivity contribution < 1.29 is 89.5 Å². The molecule has 4 rings (SSSR count). The van der Waals surface area contributed by atoms with Gasteiger partial charge in [0.2, 0.25) is 5.91 Å². The van der Waals surface area contributed by atoms with Gasteiger partial charge in [0.05, 0.1) is 73.5 Å². The van der Waals surface area contributed by atoms with Gasteiger partial charge in [0.15, 0.2) is 12.1 Å². The quantitative estimate of drug-likeness (QED) is 0.181. The molecule has 20 nitrogen and oxygen atoms in total. The maximum atomic E-state index is 13.3. The van der Waals surface area contributed by atoms with E-state index in [1.807, 2.05) is 43.4 Å². The molecule has 1 amide bonds. The number of carbonyl (C=O) groups is 3. The highest BCUT2D eigenvalue weighted by molar-refractivity contribution is 5.83. The van der Waals surface area contributed by atoms with Crippen LogP contribution in [0.4, 0.5) is 0 Å². The predicted molar refractivity (Wildman–Crippen MR) is 274 cm³/mol. The number of carbonyl (C=O) groups excluding carboxylic acids is 2. The van der Waals surface area contributed by atoms with Gasteiger partial charge in [-0.3, -0.25) is 14.4 Å². The molecule has 0 saturated carbocycles. The molecule has 2 fully saturated rings. The van der Waals surface area contributed by atoms with Crippen molar-refractivity contribution in [3.63, 3.8) is 0 Å². The molecule has 75 heavy (non-hydrogen) atoms. The van der Waals surface area contributed by atoms with E-state index in [0.29, 0.717) is 5.56 Å². The van der Waals surface area contributed by atoms with Gasteiger partial charge in [-0.05, 0) is 57.9 Å². The summed E-state index contributed by atoms with van der Waals surface area (Å²) in [5.74, 6) is -7.75. The highest BCUT2D eigenvalue weighted by atomic mass is 16.7. The molecule has 20 heteroatoms. The summed E-state index contributed by atoms with van der Waals surface area (Å²) in [5, 5.41) is 123. The fraction of sp³-hybridized carbons (Fsp3) is 0.618. The molecule has 3 aliphatic rings. The van der Waals surface area contributed by atoms with Crippen LogP contribution in [0.5, 0.6) is 0 Å². The zero-order valence-electron chi connectivity index (χ0n) is 43.2. The van der Waals surface area contributed by atoms with Gasteiger partial charge in [-0.2, -0.15) is 0 Å². The number of nitrogens with two attached hydrogens (primary N) is 1. The van der Waals surface area contributed by atoms with Crippen LogP contribution in [-0.2, 0) is 33.3 Å². The standard InChI is InChI=1S/C55H82N2O18/c1-32-20-16-13-11-9-7-5-6-8-10-12-14-19-23-40(74-54-51(67)48(50(66)35(4)73-54)57-52(68)47(56)36-21-17-15-18-22-36)29-44-46(53(69)70)43(63)31-55(71,75-44)30-42(62)41(61)25-24-37(58)26-38(59)27-39(60)28-45(64)72-34(3)33(2)49(32)65/h5-6,8,10-23,32-35,37-44,46-51,54,58-63,65-67,71H,7,9,24-31,56H2,1-4H3,(H,57,68)(H,69,70)/b6-5+,10-8+,13-11+,14-12+,20-16+,23-19+/t32-,33-,34-,35+,37+,38+,39+,40-,41+,42+,43-,44-,46+,47+,48-,49+,50+,51-,54+,55+/m0/s1. The Labute approximate surface area is 439 Å². The van der Waals surface area contributed by atoms with Crippen LogP contribution in [0.25, 0.3) is 0 Å². The summed E-state index contributed by atoms with van der Waals surface area (Å²) in [6, 6.07) is 5.91. The zero-order chi connectivity index (χ0) is 55.4. The number of amides is 1. The number of aliphatic hydroxyl groups excluding tert-OH is 9. The number of ether oxygens (including phenoxy) is 4. The summed E-state index contributed by atoms with van der Waals surface area (Å²) < 4.78 is 23.6.